The highest BCUT2D eigenvalue weighted by Gasteiger charge is 2.25. The number of aliphatic hydroxyl groups excluding tert-OH is 1. The molecular formula is C14H22N2O2S. The lowest BCUT2D eigenvalue weighted by Gasteiger charge is -2.30. The topological polar surface area (TPSA) is 61.4 Å². The van der Waals surface area contributed by atoms with E-state index in [1.54, 1.807) is 11.3 Å². The summed E-state index contributed by atoms with van der Waals surface area (Å²) in [4.78, 5) is 13.1. The molecule has 0 bridgehead atoms. The van der Waals surface area contributed by atoms with Crippen LogP contribution in [0, 0.1) is 5.92 Å². The summed E-state index contributed by atoms with van der Waals surface area (Å²) < 4.78 is 0. The van der Waals surface area contributed by atoms with Crippen LogP contribution in [0.4, 0.5) is 4.79 Å². The fraction of sp³-hybridized carbons (Fsp3) is 0.643. The molecule has 5 heteroatoms. The Morgan fingerprint density at radius 3 is 3.00 bits per heavy atom. The van der Waals surface area contributed by atoms with Crippen molar-refractivity contribution in [2.24, 2.45) is 5.92 Å². The largest absolute Gasteiger partial charge is 0.396 e. The van der Waals surface area contributed by atoms with Gasteiger partial charge in [-0.15, -0.1) is 11.3 Å². The maximum Gasteiger partial charge on any atom is 0.315 e. The van der Waals surface area contributed by atoms with Gasteiger partial charge in [-0.2, -0.15) is 0 Å². The molecule has 0 aliphatic heterocycles. The number of nitrogens with one attached hydrogen (secondary N) is 2. The summed E-state index contributed by atoms with van der Waals surface area (Å²) in [6.45, 7) is 0.822. The van der Waals surface area contributed by atoms with Crippen LogP contribution in [-0.4, -0.2) is 30.3 Å². The van der Waals surface area contributed by atoms with Crippen molar-refractivity contribution >= 4 is 17.4 Å². The van der Waals surface area contributed by atoms with Crippen LogP contribution in [0.1, 0.15) is 30.6 Å². The highest BCUT2D eigenvalue weighted by atomic mass is 32.1. The van der Waals surface area contributed by atoms with E-state index in [9.17, 15) is 9.90 Å². The Bertz CT molecular complexity index is 381. The van der Waals surface area contributed by atoms with Gasteiger partial charge in [-0.25, -0.2) is 4.79 Å². The van der Waals surface area contributed by atoms with E-state index >= 15 is 0 Å². The predicted octanol–water partition coefficient (Wildman–Crippen LogP) is 2.14. The highest BCUT2D eigenvalue weighted by molar-refractivity contribution is 7.09. The zero-order valence-electron chi connectivity index (χ0n) is 11.1. The van der Waals surface area contributed by atoms with Gasteiger partial charge < -0.3 is 15.7 Å². The normalized spacial score (nSPS) is 23.0. The maximum atomic E-state index is 11.8. The van der Waals surface area contributed by atoms with Crippen LogP contribution in [0.3, 0.4) is 0 Å². The van der Waals surface area contributed by atoms with E-state index in [1.807, 2.05) is 11.4 Å². The van der Waals surface area contributed by atoms with Crippen LogP contribution in [0.25, 0.3) is 0 Å². The van der Waals surface area contributed by atoms with Crippen molar-refractivity contribution in [3.63, 3.8) is 0 Å². The van der Waals surface area contributed by atoms with Gasteiger partial charge in [0.25, 0.3) is 0 Å². The minimum absolute atomic E-state index is 0.109. The fourth-order valence-corrected chi connectivity index (χ4v) is 3.30. The molecular weight excluding hydrogens is 260 g/mol. The predicted molar refractivity (Wildman–Crippen MR) is 77.4 cm³/mol. The van der Waals surface area contributed by atoms with Gasteiger partial charge in [-0.05, 0) is 30.7 Å². The summed E-state index contributed by atoms with van der Waals surface area (Å²) in [6.07, 6.45) is 5.15. The first-order valence-electron chi connectivity index (χ1n) is 6.97. The Morgan fingerprint density at radius 1 is 1.42 bits per heavy atom. The summed E-state index contributed by atoms with van der Waals surface area (Å²) in [5.41, 5.74) is 0. The van der Waals surface area contributed by atoms with Crippen molar-refractivity contribution in [3.05, 3.63) is 22.4 Å². The number of aliphatic hydroxyl groups is 1. The van der Waals surface area contributed by atoms with Gasteiger partial charge in [0, 0.05) is 30.0 Å². The molecule has 1 fully saturated rings. The summed E-state index contributed by atoms with van der Waals surface area (Å²) in [6, 6.07) is 4.11. The van der Waals surface area contributed by atoms with Gasteiger partial charge in [0.2, 0.25) is 0 Å². The standard InChI is InChI=1S/C14H22N2O2S/c17-10-11-4-1-2-6-13(11)16-14(18)15-8-7-12-5-3-9-19-12/h3,5,9,11,13,17H,1-2,4,6-8,10H2,(H2,15,16,18). The highest BCUT2D eigenvalue weighted by Crippen LogP contribution is 2.23. The van der Waals surface area contributed by atoms with Crippen LogP contribution in [-0.2, 0) is 6.42 Å². The van der Waals surface area contributed by atoms with Crippen molar-refractivity contribution < 1.29 is 9.90 Å². The molecule has 1 saturated carbocycles. The number of urea groups is 1. The summed E-state index contributed by atoms with van der Waals surface area (Å²) in [7, 11) is 0. The van der Waals surface area contributed by atoms with Gasteiger partial charge in [0.05, 0.1) is 0 Å². The summed E-state index contributed by atoms with van der Waals surface area (Å²) in [5.74, 6) is 0.219. The van der Waals surface area contributed by atoms with Gasteiger partial charge in [-0.1, -0.05) is 18.9 Å². The quantitative estimate of drug-likeness (QED) is 0.775. The molecule has 1 aromatic heterocycles. The van der Waals surface area contributed by atoms with Crippen LogP contribution in [0.5, 0.6) is 0 Å². The van der Waals surface area contributed by atoms with Crippen molar-refractivity contribution in [3.8, 4) is 0 Å². The van der Waals surface area contributed by atoms with E-state index in [0.29, 0.717) is 6.54 Å². The van der Waals surface area contributed by atoms with Crippen LogP contribution in [0.2, 0.25) is 0 Å². The number of thiophene rings is 1. The first-order chi connectivity index (χ1) is 9.29. The molecule has 1 heterocycles. The molecule has 1 aromatic rings. The monoisotopic (exact) mass is 282 g/mol. The molecule has 2 rings (SSSR count). The van der Waals surface area contributed by atoms with Gasteiger partial charge >= 0.3 is 6.03 Å². The molecule has 0 spiro atoms. The molecule has 1 aliphatic rings. The van der Waals surface area contributed by atoms with Crippen molar-refractivity contribution in [1.29, 1.82) is 0 Å². The Hall–Kier alpha value is -1.07. The lowest BCUT2D eigenvalue weighted by atomic mass is 9.85. The molecule has 19 heavy (non-hydrogen) atoms. The Morgan fingerprint density at radius 2 is 2.26 bits per heavy atom. The molecule has 106 valence electrons. The zero-order chi connectivity index (χ0) is 13.5. The number of hydrogen-bond donors (Lipinski definition) is 3. The number of hydrogen-bond acceptors (Lipinski definition) is 3. The van der Waals surface area contributed by atoms with Crippen LogP contribution >= 0.6 is 11.3 Å². The zero-order valence-corrected chi connectivity index (χ0v) is 11.9. The van der Waals surface area contributed by atoms with Gasteiger partial charge in [-0.3, -0.25) is 0 Å². The van der Waals surface area contributed by atoms with Gasteiger partial charge in [0.1, 0.15) is 0 Å². The third kappa shape index (κ3) is 4.51. The van der Waals surface area contributed by atoms with Crippen molar-refractivity contribution in [2.45, 2.75) is 38.1 Å². The summed E-state index contributed by atoms with van der Waals surface area (Å²) in [5, 5.41) is 17.2. The maximum absolute atomic E-state index is 11.8. The molecule has 2 amide bonds. The number of rotatable bonds is 5. The fourth-order valence-electron chi connectivity index (χ4n) is 2.59. The average Bonchev–Trinajstić information content (AvgIpc) is 2.92. The second-order valence-corrected chi connectivity index (χ2v) is 6.10. The van der Waals surface area contributed by atoms with E-state index in [2.05, 4.69) is 16.7 Å². The number of carbonyl (C=O) groups is 1. The van der Waals surface area contributed by atoms with Gasteiger partial charge in [0.15, 0.2) is 0 Å². The van der Waals surface area contributed by atoms with Crippen molar-refractivity contribution in [1.82, 2.24) is 10.6 Å². The Balaban J connectivity index is 1.68. The molecule has 2 atom stereocenters. The van der Waals surface area contributed by atoms with E-state index in [4.69, 9.17) is 0 Å². The lowest BCUT2D eigenvalue weighted by molar-refractivity contribution is 0.154. The van der Waals surface area contributed by atoms with E-state index in [-0.39, 0.29) is 24.6 Å². The molecule has 0 saturated heterocycles. The molecule has 2 unspecified atom stereocenters. The van der Waals surface area contributed by atoms with E-state index < -0.39 is 0 Å². The molecule has 0 radical (unpaired) electrons. The second kappa shape index (κ2) is 7.50. The molecule has 0 aromatic carbocycles. The van der Waals surface area contributed by atoms with Crippen LogP contribution in [0.15, 0.2) is 17.5 Å². The molecule has 1 aliphatic carbocycles. The average molecular weight is 282 g/mol. The van der Waals surface area contributed by atoms with E-state index in [0.717, 1.165) is 32.1 Å². The van der Waals surface area contributed by atoms with Crippen LogP contribution < -0.4 is 10.6 Å². The minimum atomic E-state index is -0.109. The Labute approximate surface area is 118 Å². The third-order valence-corrected chi connectivity index (χ3v) is 4.63. The van der Waals surface area contributed by atoms with E-state index in [1.165, 1.54) is 4.88 Å². The summed E-state index contributed by atoms with van der Waals surface area (Å²) >= 11 is 1.71. The lowest BCUT2D eigenvalue weighted by Crippen LogP contribution is -2.48. The second-order valence-electron chi connectivity index (χ2n) is 5.06. The minimum Gasteiger partial charge on any atom is -0.396 e. The Kier molecular flexibility index (Phi) is 5.66. The molecule has 4 nitrogen and oxygen atoms in total. The van der Waals surface area contributed by atoms with Crippen molar-refractivity contribution in [2.75, 3.05) is 13.2 Å². The smallest absolute Gasteiger partial charge is 0.315 e. The number of amides is 2. The first kappa shape index (κ1) is 14.3. The SMILES string of the molecule is O=C(NCCc1cccs1)NC1CCCCC1CO. The first-order valence-corrected chi connectivity index (χ1v) is 7.85. The number of carbonyl (C=O) groups excluding carboxylic acids is 1. The molecule has 3 N–H and O–H groups in total. The third-order valence-electron chi connectivity index (χ3n) is 3.70.